The van der Waals surface area contributed by atoms with E-state index in [1.54, 1.807) is 0 Å². The fraction of sp³-hybridized carbons (Fsp3) is 0.219. The van der Waals surface area contributed by atoms with E-state index in [2.05, 4.69) is 83.0 Å². The normalized spacial score (nSPS) is 18.3. The molecule has 180 valence electrons. The van der Waals surface area contributed by atoms with E-state index in [1.165, 1.54) is 27.9 Å². The number of ether oxygens (including phenoxy) is 1. The summed E-state index contributed by atoms with van der Waals surface area (Å²) < 4.78 is 5.59. The Bertz CT molecular complexity index is 1290. The summed E-state index contributed by atoms with van der Waals surface area (Å²) in [5.41, 5.74) is 8.47. The fourth-order valence-electron chi connectivity index (χ4n) is 5.78. The van der Waals surface area contributed by atoms with Crippen molar-refractivity contribution in [3.63, 3.8) is 0 Å². The highest BCUT2D eigenvalue weighted by Crippen LogP contribution is 2.49. The van der Waals surface area contributed by atoms with Crippen LogP contribution in [-0.2, 0) is 0 Å². The summed E-state index contributed by atoms with van der Waals surface area (Å²) >= 11 is 0. The third kappa shape index (κ3) is 4.35. The highest BCUT2D eigenvalue weighted by Gasteiger charge is 2.35. The van der Waals surface area contributed by atoms with Crippen molar-refractivity contribution in [2.75, 3.05) is 23.3 Å². The third-order valence-corrected chi connectivity index (χ3v) is 7.49. The number of aryl methyl sites for hydroxylation is 1. The van der Waals surface area contributed by atoms with Crippen molar-refractivity contribution in [2.24, 2.45) is 0 Å². The van der Waals surface area contributed by atoms with Gasteiger partial charge in [-0.2, -0.15) is 0 Å². The van der Waals surface area contributed by atoms with E-state index >= 15 is 0 Å². The average molecular weight is 475 g/mol. The van der Waals surface area contributed by atoms with Gasteiger partial charge in [-0.15, -0.1) is 0 Å². The lowest BCUT2D eigenvalue weighted by Gasteiger charge is -2.43. The summed E-state index contributed by atoms with van der Waals surface area (Å²) in [5.74, 6) is 1.12. The van der Waals surface area contributed by atoms with Crippen LogP contribution in [0.25, 0.3) is 0 Å². The SMILES string of the molecule is Cc1ccc(OC(=O)Nc2cc3c4c(c2)C(c2ccccc2)CCN4CCC3c2ccccc2)cc1. The van der Waals surface area contributed by atoms with Crippen molar-refractivity contribution in [3.8, 4) is 5.75 Å². The first-order valence-electron chi connectivity index (χ1n) is 12.7. The summed E-state index contributed by atoms with van der Waals surface area (Å²) in [5, 5.41) is 3.03. The van der Waals surface area contributed by atoms with Crippen LogP contribution in [-0.4, -0.2) is 19.2 Å². The quantitative estimate of drug-likeness (QED) is 0.333. The number of benzene rings is 4. The van der Waals surface area contributed by atoms with Gasteiger partial charge in [0.1, 0.15) is 5.75 Å². The summed E-state index contributed by atoms with van der Waals surface area (Å²) in [6.07, 6.45) is 1.65. The molecule has 0 aliphatic carbocycles. The maximum Gasteiger partial charge on any atom is 0.417 e. The molecule has 0 fully saturated rings. The van der Waals surface area contributed by atoms with Gasteiger partial charge in [-0.05, 0) is 66.3 Å². The lowest BCUT2D eigenvalue weighted by atomic mass is 9.76. The van der Waals surface area contributed by atoms with Gasteiger partial charge in [0.2, 0.25) is 0 Å². The first kappa shape index (κ1) is 22.4. The van der Waals surface area contributed by atoms with Crippen molar-refractivity contribution in [3.05, 3.63) is 125 Å². The zero-order valence-corrected chi connectivity index (χ0v) is 20.5. The molecular weight excluding hydrogens is 444 g/mol. The molecule has 4 aromatic rings. The van der Waals surface area contributed by atoms with Gasteiger partial charge in [0.15, 0.2) is 0 Å². The van der Waals surface area contributed by atoms with Crippen LogP contribution in [0.15, 0.2) is 97.1 Å². The van der Waals surface area contributed by atoms with E-state index < -0.39 is 6.09 Å². The number of carbonyl (C=O) groups is 1. The van der Waals surface area contributed by atoms with Gasteiger partial charge >= 0.3 is 6.09 Å². The second kappa shape index (κ2) is 9.54. The van der Waals surface area contributed by atoms with Crippen LogP contribution in [0.3, 0.4) is 0 Å². The molecule has 0 aromatic heterocycles. The summed E-state index contributed by atoms with van der Waals surface area (Å²) in [6.45, 7) is 4.10. The minimum absolute atomic E-state index is 0.292. The Kier molecular flexibility index (Phi) is 5.94. The highest BCUT2D eigenvalue weighted by molar-refractivity contribution is 5.88. The summed E-state index contributed by atoms with van der Waals surface area (Å²) in [6, 6.07) is 33.3. The third-order valence-electron chi connectivity index (χ3n) is 7.49. The highest BCUT2D eigenvalue weighted by atomic mass is 16.6. The summed E-state index contributed by atoms with van der Waals surface area (Å²) in [4.78, 5) is 15.4. The number of amides is 1. The van der Waals surface area contributed by atoms with Crippen LogP contribution in [0.5, 0.6) is 5.75 Å². The predicted octanol–water partition coefficient (Wildman–Crippen LogP) is 7.48. The van der Waals surface area contributed by atoms with Crippen molar-refractivity contribution in [1.29, 1.82) is 0 Å². The van der Waals surface area contributed by atoms with Gasteiger partial charge in [0, 0.05) is 36.3 Å². The van der Waals surface area contributed by atoms with E-state index in [1.807, 2.05) is 31.2 Å². The Labute approximate surface area is 212 Å². The maximum absolute atomic E-state index is 12.9. The van der Waals surface area contributed by atoms with Gasteiger partial charge < -0.3 is 9.64 Å². The smallest absolute Gasteiger partial charge is 0.410 e. The van der Waals surface area contributed by atoms with Gasteiger partial charge in [-0.3, -0.25) is 5.32 Å². The van der Waals surface area contributed by atoms with Crippen LogP contribution in [0.2, 0.25) is 0 Å². The van der Waals surface area contributed by atoms with Crippen LogP contribution < -0.4 is 15.0 Å². The van der Waals surface area contributed by atoms with Gasteiger partial charge in [0.05, 0.1) is 0 Å². The second-order valence-corrected chi connectivity index (χ2v) is 9.82. The number of nitrogens with zero attached hydrogens (tertiary/aromatic N) is 1. The van der Waals surface area contributed by atoms with E-state index in [4.69, 9.17) is 4.74 Å². The first-order chi connectivity index (χ1) is 17.7. The van der Waals surface area contributed by atoms with Crippen molar-refractivity contribution >= 4 is 17.5 Å². The van der Waals surface area contributed by atoms with Gasteiger partial charge in [-0.25, -0.2) is 4.79 Å². The molecular formula is C32H30N2O2. The Morgan fingerprint density at radius 1 is 0.778 bits per heavy atom. The lowest BCUT2D eigenvalue weighted by molar-refractivity contribution is 0.215. The van der Waals surface area contributed by atoms with E-state index in [0.717, 1.165) is 37.2 Å². The Balaban J connectivity index is 1.41. The zero-order valence-electron chi connectivity index (χ0n) is 20.5. The minimum atomic E-state index is -0.470. The number of hydrogen-bond acceptors (Lipinski definition) is 3. The van der Waals surface area contributed by atoms with E-state index in [-0.39, 0.29) is 0 Å². The Morgan fingerprint density at radius 3 is 1.83 bits per heavy atom. The maximum atomic E-state index is 12.9. The van der Waals surface area contributed by atoms with Gasteiger partial charge in [0.25, 0.3) is 0 Å². The standard InChI is InChI=1S/C32H30N2O2/c1-22-12-14-26(15-13-22)36-32(35)33-25-20-29-27(23-8-4-2-5-9-23)16-18-34-19-17-28(30(21-25)31(29)34)24-10-6-3-7-11-24/h2-15,20-21,27-28H,16-19H2,1H3,(H,33,35). The van der Waals surface area contributed by atoms with Gasteiger partial charge in [-0.1, -0.05) is 78.4 Å². The largest absolute Gasteiger partial charge is 0.417 e. The lowest BCUT2D eigenvalue weighted by Crippen LogP contribution is -2.37. The average Bonchev–Trinajstić information content (AvgIpc) is 2.91. The molecule has 2 atom stereocenters. The van der Waals surface area contributed by atoms with Crippen LogP contribution >= 0.6 is 0 Å². The number of carbonyl (C=O) groups excluding carboxylic acids is 1. The molecule has 0 bridgehead atoms. The van der Waals surface area contributed by atoms with Crippen LogP contribution in [0, 0.1) is 6.92 Å². The number of hydrogen-bond donors (Lipinski definition) is 1. The van der Waals surface area contributed by atoms with Crippen molar-refractivity contribution < 1.29 is 9.53 Å². The molecule has 0 radical (unpaired) electrons. The van der Waals surface area contributed by atoms with Crippen LogP contribution in [0.4, 0.5) is 16.2 Å². The zero-order chi connectivity index (χ0) is 24.5. The summed E-state index contributed by atoms with van der Waals surface area (Å²) in [7, 11) is 0. The monoisotopic (exact) mass is 474 g/mol. The molecule has 0 spiro atoms. The first-order valence-corrected chi connectivity index (χ1v) is 12.7. The number of rotatable bonds is 4. The molecule has 2 heterocycles. The molecule has 0 saturated heterocycles. The molecule has 6 rings (SSSR count). The molecule has 4 nitrogen and oxygen atoms in total. The fourth-order valence-corrected chi connectivity index (χ4v) is 5.78. The molecule has 0 saturated carbocycles. The van der Waals surface area contributed by atoms with Crippen LogP contribution in [0.1, 0.15) is 52.5 Å². The molecule has 36 heavy (non-hydrogen) atoms. The predicted molar refractivity (Wildman–Crippen MR) is 145 cm³/mol. The molecule has 2 unspecified atom stereocenters. The molecule has 2 aliphatic heterocycles. The molecule has 1 amide bonds. The number of anilines is 2. The van der Waals surface area contributed by atoms with Crippen molar-refractivity contribution in [1.82, 2.24) is 0 Å². The Hall–Kier alpha value is -4.05. The topological polar surface area (TPSA) is 41.6 Å². The van der Waals surface area contributed by atoms with E-state index in [0.29, 0.717) is 17.6 Å². The Morgan fingerprint density at radius 2 is 1.31 bits per heavy atom. The molecule has 1 N–H and O–H groups in total. The molecule has 4 heteroatoms. The second-order valence-electron chi connectivity index (χ2n) is 9.82. The van der Waals surface area contributed by atoms with Crippen molar-refractivity contribution in [2.45, 2.75) is 31.6 Å². The number of nitrogens with one attached hydrogen (secondary N) is 1. The molecule has 4 aromatic carbocycles. The minimum Gasteiger partial charge on any atom is -0.410 e. The molecule has 2 aliphatic rings. The van der Waals surface area contributed by atoms with E-state index in [9.17, 15) is 4.79 Å².